The number of hydrogen-bond acceptors (Lipinski definition) is 8. The van der Waals surface area contributed by atoms with Crippen molar-refractivity contribution in [2.24, 2.45) is 11.8 Å². The number of amides is 1. The van der Waals surface area contributed by atoms with Crippen molar-refractivity contribution in [3.8, 4) is 0 Å². The van der Waals surface area contributed by atoms with Gasteiger partial charge in [0.2, 0.25) is 6.29 Å². The second-order valence-electron chi connectivity index (χ2n) is 6.85. The van der Waals surface area contributed by atoms with Crippen LogP contribution in [0.15, 0.2) is 24.5 Å². The highest BCUT2D eigenvalue weighted by molar-refractivity contribution is 5.94. The minimum absolute atomic E-state index is 0.112. The number of likely N-dealkylation sites (tertiary alicyclic amines) is 1. The van der Waals surface area contributed by atoms with Gasteiger partial charge in [-0.3, -0.25) is 4.79 Å². The molecule has 0 unspecified atom stereocenters. The summed E-state index contributed by atoms with van der Waals surface area (Å²) < 4.78 is 16.6. The molecule has 2 fully saturated rings. The fourth-order valence-corrected chi connectivity index (χ4v) is 3.64. The predicted octanol–water partition coefficient (Wildman–Crippen LogP) is -1.68. The number of fused-ring (bicyclic) bond motifs is 1. The van der Waals surface area contributed by atoms with Gasteiger partial charge in [-0.2, -0.15) is 0 Å². The molecule has 3 aliphatic heterocycles. The Morgan fingerprint density at radius 2 is 2.04 bits per heavy atom. The van der Waals surface area contributed by atoms with E-state index in [1.807, 2.05) is 0 Å². The molecule has 0 aromatic carbocycles. The summed E-state index contributed by atoms with van der Waals surface area (Å²) in [6.07, 6.45) is -4.09. The lowest BCUT2D eigenvalue weighted by Gasteiger charge is -2.44. The number of piperidine rings is 1. The molecular formula is C17H25NO8. The van der Waals surface area contributed by atoms with Crippen molar-refractivity contribution in [3.05, 3.63) is 24.5 Å². The van der Waals surface area contributed by atoms with E-state index in [4.69, 9.17) is 14.2 Å². The third-order valence-corrected chi connectivity index (χ3v) is 5.27. The van der Waals surface area contributed by atoms with Crippen molar-refractivity contribution in [2.75, 3.05) is 20.2 Å². The maximum absolute atomic E-state index is 12.3. The minimum atomic E-state index is -1.53. The molecule has 0 aromatic rings. The van der Waals surface area contributed by atoms with Gasteiger partial charge in [0.15, 0.2) is 6.29 Å². The molecule has 9 heteroatoms. The smallest absolute Gasteiger partial charge is 0.252 e. The molecule has 2 saturated heterocycles. The highest BCUT2D eigenvalue weighted by atomic mass is 16.8. The Hall–Kier alpha value is -1.49. The number of rotatable bonds is 4. The van der Waals surface area contributed by atoms with E-state index in [0.29, 0.717) is 18.5 Å². The summed E-state index contributed by atoms with van der Waals surface area (Å²) >= 11 is 0. The van der Waals surface area contributed by atoms with Gasteiger partial charge in [0.25, 0.3) is 5.91 Å². The summed E-state index contributed by atoms with van der Waals surface area (Å²) in [5.41, 5.74) is 0.539. The van der Waals surface area contributed by atoms with Gasteiger partial charge in [0, 0.05) is 25.4 Å². The summed E-state index contributed by atoms with van der Waals surface area (Å²) in [6, 6.07) is 0. The van der Waals surface area contributed by atoms with Crippen molar-refractivity contribution in [1.82, 2.24) is 4.90 Å². The molecule has 1 amide bonds. The normalized spacial score (nSPS) is 43.3. The molecule has 0 saturated carbocycles. The van der Waals surface area contributed by atoms with Gasteiger partial charge in [-0.1, -0.05) is 6.08 Å². The third-order valence-electron chi connectivity index (χ3n) is 5.27. The van der Waals surface area contributed by atoms with Crippen LogP contribution in [0.4, 0.5) is 0 Å². The van der Waals surface area contributed by atoms with E-state index in [9.17, 15) is 25.2 Å². The first kappa shape index (κ1) is 19.3. The van der Waals surface area contributed by atoms with Crippen LogP contribution in [-0.4, -0.2) is 88.4 Å². The van der Waals surface area contributed by atoms with Crippen molar-refractivity contribution in [1.29, 1.82) is 0 Å². The van der Waals surface area contributed by atoms with E-state index in [1.165, 1.54) is 6.26 Å². The lowest BCUT2D eigenvalue weighted by molar-refractivity contribution is -0.339. The van der Waals surface area contributed by atoms with E-state index >= 15 is 0 Å². The van der Waals surface area contributed by atoms with Crippen LogP contribution in [0.5, 0.6) is 0 Å². The Labute approximate surface area is 151 Å². The molecule has 3 aliphatic rings. The van der Waals surface area contributed by atoms with Crippen molar-refractivity contribution in [2.45, 2.75) is 43.4 Å². The molecular weight excluding hydrogens is 346 g/mol. The fraction of sp³-hybridized carbons (Fsp3) is 0.706. The van der Waals surface area contributed by atoms with Crippen LogP contribution in [0.3, 0.4) is 0 Å². The average molecular weight is 371 g/mol. The maximum atomic E-state index is 12.3. The zero-order valence-corrected chi connectivity index (χ0v) is 14.5. The Kier molecular flexibility index (Phi) is 5.66. The maximum Gasteiger partial charge on any atom is 0.252 e. The molecule has 26 heavy (non-hydrogen) atoms. The van der Waals surface area contributed by atoms with E-state index in [1.54, 1.807) is 18.0 Å². The van der Waals surface area contributed by atoms with Crippen LogP contribution in [0.2, 0.25) is 0 Å². The second kappa shape index (κ2) is 7.63. The highest BCUT2D eigenvalue weighted by Crippen LogP contribution is 2.39. The largest absolute Gasteiger partial charge is 0.471 e. The molecule has 0 spiro atoms. The van der Waals surface area contributed by atoms with Crippen LogP contribution in [0.1, 0.15) is 6.42 Å². The van der Waals surface area contributed by atoms with Crippen LogP contribution in [0, 0.1) is 11.8 Å². The van der Waals surface area contributed by atoms with Crippen molar-refractivity contribution >= 4 is 5.91 Å². The van der Waals surface area contributed by atoms with Gasteiger partial charge in [0.1, 0.15) is 24.4 Å². The molecule has 0 aromatic heterocycles. The molecule has 146 valence electrons. The van der Waals surface area contributed by atoms with Gasteiger partial charge in [-0.05, 0) is 6.42 Å². The van der Waals surface area contributed by atoms with Gasteiger partial charge in [0.05, 0.1) is 18.4 Å². The van der Waals surface area contributed by atoms with E-state index in [2.05, 4.69) is 6.58 Å². The van der Waals surface area contributed by atoms with E-state index in [0.717, 1.165) is 0 Å². The molecule has 0 bridgehead atoms. The lowest BCUT2D eigenvalue weighted by atomic mass is 9.79. The Morgan fingerprint density at radius 1 is 1.31 bits per heavy atom. The average Bonchev–Trinajstić information content (AvgIpc) is 2.64. The Morgan fingerprint density at radius 3 is 2.69 bits per heavy atom. The van der Waals surface area contributed by atoms with Gasteiger partial charge >= 0.3 is 0 Å². The van der Waals surface area contributed by atoms with Crippen molar-refractivity contribution in [3.63, 3.8) is 0 Å². The standard InChI is InChI=1S/C17H25NO8/c1-3-8-9-4-5-18(2)15(23)10(9)7-24-16(8)26-17-14(22)13(21)12(20)11(6-19)25-17/h3,7-9,11-14,16-17,19-22H,1,4-6H2,2H3/t8-,9+,11-,12-,13+,14-,16+,17+/m1/s1. The van der Waals surface area contributed by atoms with E-state index in [-0.39, 0.29) is 17.7 Å². The monoisotopic (exact) mass is 371 g/mol. The summed E-state index contributed by atoms with van der Waals surface area (Å²) in [6.45, 7) is 3.84. The first-order valence-corrected chi connectivity index (χ1v) is 8.58. The van der Waals surface area contributed by atoms with E-state index < -0.39 is 43.6 Å². The lowest BCUT2D eigenvalue weighted by Crippen LogP contribution is -2.60. The summed E-state index contributed by atoms with van der Waals surface area (Å²) in [5, 5.41) is 39.1. The zero-order valence-electron chi connectivity index (χ0n) is 14.5. The van der Waals surface area contributed by atoms with Crippen LogP contribution < -0.4 is 0 Å². The number of ether oxygens (including phenoxy) is 3. The number of likely N-dealkylation sites (N-methyl/N-ethyl adjacent to an activating group) is 1. The fourth-order valence-electron chi connectivity index (χ4n) is 3.64. The van der Waals surface area contributed by atoms with Crippen LogP contribution in [-0.2, 0) is 19.0 Å². The predicted molar refractivity (Wildman–Crippen MR) is 87.2 cm³/mol. The van der Waals surface area contributed by atoms with Crippen molar-refractivity contribution < 1.29 is 39.4 Å². The molecule has 0 aliphatic carbocycles. The Bertz CT molecular complexity index is 579. The summed E-state index contributed by atoms with van der Waals surface area (Å²) in [7, 11) is 1.72. The number of carbonyl (C=O) groups excluding carboxylic acids is 1. The quantitative estimate of drug-likeness (QED) is 0.432. The molecule has 9 nitrogen and oxygen atoms in total. The molecule has 0 radical (unpaired) electrons. The molecule has 3 heterocycles. The van der Waals surface area contributed by atoms with Gasteiger partial charge in [-0.15, -0.1) is 6.58 Å². The first-order valence-electron chi connectivity index (χ1n) is 8.58. The molecule has 8 atom stereocenters. The highest BCUT2D eigenvalue weighted by Gasteiger charge is 2.48. The first-order chi connectivity index (χ1) is 12.4. The SMILES string of the molecule is C=C[C@H]1[C@H](O[C@@H]2O[C@H](CO)[C@@H](O)[C@H](O)[C@H]2O)OC=C2C(=O)N(C)CC[C@H]21. The summed E-state index contributed by atoms with van der Waals surface area (Å²) in [5.74, 6) is -0.612. The number of hydrogen-bond donors (Lipinski definition) is 4. The second-order valence-corrected chi connectivity index (χ2v) is 6.85. The van der Waals surface area contributed by atoms with Gasteiger partial charge in [-0.25, -0.2) is 0 Å². The number of aliphatic hydroxyl groups excluding tert-OH is 4. The van der Waals surface area contributed by atoms with Crippen LogP contribution >= 0.6 is 0 Å². The third kappa shape index (κ3) is 3.26. The topological polar surface area (TPSA) is 129 Å². The Balaban J connectivity index is 1.76. The number of aliphatic hydroxyl groups is 4. The number of nitrogens with zero attached hydrogens (tertiary/aromatic N) is 1. The molecule has 3 rings (SSSR count). The summed E-state index contributed by atoms with van der Waals surface area (Å²) in [4.78, 5) is 13.9. The zero-order chi connectivity index (χ0) is 19.0. The van der Waals surface area contributed by atoms with Gasteiger partial charge < -0.3 is 39.5 Å². The minimum Gasteiger partial charge on any atom is -0.471 e. The molecule has 4 N–H and O–H groups in total. The number of carbonyl (C=O) groups is 1. The van der Waals surface area contributed by atoms with Crippen LogP contribution in [0.25, 0.3) is 0 Å².